The molecule has 2 aromatic carbocycles. The lowest BCUT2D eigenvalue weighted by atomic mass is 9.77. The molecule has 3 heteroatoms. The van der Waals surface area contributed by atoms with Gasteiger partial charge in [0.05, 0.1) is 18.3 Å². The van der Waals surface area contributed by atoms with Crippen molar-refractivity contribution in [2.75, 3.05) is 18.5 Å². The van der Waals surface area contributed by atoms with Gasteiger partial charge in [-0.3, -0.25) is 0 Å². The Morgan fingerprint density at radius 1 is 1.15 bits per heavy atom. The maximum absolute atomic E-state index is 5.91. The van der Waals surface area contributed by atoms with E-state index in [0.717, 1.165) is 23.6 Å². The molecule has 1 aliphatic carbocycles. The molecule has 134 valence electrons. The summed E-state index contributed by atoms with van der Waals surface area (Å²) in [5.74, 6) is 2.77. The SMILES string of the molecule is C=CCOc1cccc2c1NC(c1ccc(OCC)cc1)C1CC=CC21. The number of hydrogen-bond donors (Lipinski definition) is 1. The fourth-order valence-corrected chi connectivity index (χ4v) is 4.13. The second-order valence-corrected chi connectivity index (χ2v) is 6.80. The largest absolute Gasteiger partial charge is 0.494 e. The van der Waals surface area contributed by atoms with E-state index < -0.39 is 0 Å². The number of nitrogens with one attached hydrogen (secondary N) is 1. The maximum atomic E-state index is 5.91. The van der Waals surface area contributed by atoms with Gasteiger partial charge in [0.1, 0.15) is 18.1 Å². The van der Waals surface area contributed by atoms with Gasteiger partial charge in [0, 0.05) is 5.92 Å². The van der Waals surface area contributed by atoms with E-state index in [1.54, 1.807) is 6.08 Å². The highest BCUT2D eigenvalue weighted by Gasteiger charge is 2.38. The van der Waals surface area contributed by atoms with Gasteiger partial charge >= 0.3 is 0 Å². The summed E-state index contributed by atoms with van der Waals surface area (Å²) in [4.78, 5) is 0. The summed E-state index contributed by atoms with van der Waals surface area (Å²) in [6.07, 6.45) is 7.53. The lowest BCUT2D eigenvalue weighted by Crippen LogP contribution is -2.29. The van der Waals surface area contributed by atoms with Gasteiger partial charge < -0.3 is 14.8 Å². The zero-order valence-corrected chi connectivity index (χ0v) is 15.2. The molecular weight excluding hydrogens is 322 g/mol. The fourth-order valence-electron chi connectivity index (χ4n) is 4.13. The normalized spacial score (nSPS) is 22.9. The van der Waals surface area contributed by atoms with Crippen LogP contribution in [-0.4, -0.2) is 13.2 Å². The number of rotatable bonds is 6. The molecule has 3 nitrogen and oxygen atoms in total. The first kappa shape index (κ1) is 16.8. The zero-order valence-electron chi connectivity index (χ0n) is 15.2. The van der Waals surface area contributed by atoms with Crippen molar-refractivity contribution in [2.45, 2.75) is 25.3 Å². The third-order valence-electron chi connectivity index (χ3n) is 5.27. The number of fused-ring (bicyclic) bond motifs is 3. The zero-order chi connectivity index (χ0) is 17.9. The van der Waals surface area contributed by atoms with Crippen LogP contribution in [-0.2, 0) is 0 Å². The molecule has 26 heavy (non-hydrogen) atoms. The standard InChI is InChI=1S/C23H25NO2/c1-3-15-26-21-10-6-9-20-18-7-5-8-19(18)22(24-23(20)21)16-11-13-17(14-12-16)25-4-2/h3,5-7,9-14,18-19,22,24H,1,4,8,15H2,2H3. The summed E-state index contributed by atoms with van der Waals surface area (Å²) in [5.41, 5.74) is 3.73. The summed E-state index contributed by atoms with van der Waals surface area (Å²) in [6.45, 7) is 6.96. The van der Waals surface area contributed by atoms with E-state index in [2.05, 4.69) is 60.4 Å². The van der Waals surface area contributed by atoms with Gasteiger partial charge in [-0.05, 0) is 48.6 Å². The van der Waals surface area contributed by atoms with E-state index in [4.69, 9.17) is 9.47 Å². The fraction of sp³-hybridized carbons (Fsp3) is 0.304. The number of para-hydroxylation sites is 1. The van der Waals surface area contributed by atoms with E-state index in [1.807, 2.05) is 13.0 Å². The Labute approximate surface area is 155 Å². The van der Waals surface area contributed by atoms with Crippen molar-refractivity contribution < 1.29 is 9.47 Å². The van der Waals surface area contributed by atoms with Crippen molar-refractivity contribution in [1.82, 2.24) is 0 Å². The number of hydrogen-bond acceptors (Lipinski definition) is 3. The van der Waals surface area contributed by atoms with Crippen molar-refractivity contribution in [3.05, 3.63) is 78.4 Å². The number of allylic oxidation sites excluding steroid dienone is 2. The monoisotopic (exact) mass is 347 g/mol. The van der Waals surface area contributed by atoms with E-state index in [1.165, 1.54) is 11.1 Å². The molecule has 0 bridgehead atoms. The van der Waals surface area contributed by atoms with Gasteiger partial charge in [-0.2, -0.15) is 0 Å². The Kier molecular flexibility index (Phi) is 4.70. The topological polar surface area (TPSA) is 30.5 Å². The summed E-state index contributed by atoms with van der Waals surface area (Å²) in [7, 11) is 0. The van der Waals surface area contributed by atoms with Crippen LogP contribution in [0.15, 0.2) is 67.3 Å². The summed E-state index contributed by atoms with van der Waals surface area (Å²) >= 11 is 0. The maximum Gasteiger partial charge on any atom is 0.143 e. The van der Waals surface area contributed by atoms with E-state index in [-0.39, 0.29) is 6.04 Å². The predicted molar refractivity (Wildman–Crippen MR) is 106 cm³/mol. The average Bonchev–Trinajstić information content (AvgIpc) is 3.17. The lowest BCUT2D eigenvalue weighted by molar-refractivity contribution is 0.339. The number of anilines is 1. The van der Waals surface area contributed by atoms with Crippen LogP contribution < -0.4 is 14.8 Å². The van der Waals surface area contributed by atoms with Crippen LogP contribution >= 0.6 is 0 Å². The molecule has 0 saturated heterocycles. The molecule has 1 heterocycles. The highest BCUT2D eigenvalue weighted by molar-refractivity contribution is 5.67. The minimum absolute atomic E-state index is 0.256. The van der Waals surface area contributed by atoms with Crippen LogP contribution in [0.5, 0.6) is 11.5 Å². The smallest absolute Gasteiger partial charge is 0.143 e. The van der Waals surface area contributed by atoms with Gasteiger partial charge in [0.25, 0.3) is 0 Å². The predicted octanol–water partition coefficient (Wildman–Crippen LogP) is 5.48. The Hall–Kier alpha value is -2.68. The van der Waals surface area contributed by atoms with Crippen molar-refractivity contribution in [1.29, 1.82) is 0 Å². The van der Waals surface area contributed by atoms with Crippen LogP contribution in [0.4, 0.5) is 5.69 Å². The van der Waals surface area contributed by atoms with Crippen LogP contribution in [0, 0.1) is 5.92 Å². The molecule has 2 aromatic rings. The van der Waals surface area contributed by atoms with E-state index >= 15 is 0 Å². The molecular formula is C23H25NO2. The minimum Gasteiger partial charge on any atom is -0.494 e. The van der Waals surface area contributed by atoms with Crippen molar-refractivity contribution in [2.24, 2.45) is 5.92 Å². The number of ether oxygens (including phenoxy) is 2. The van der Waals surface area contributed by atoms with Crippen LogP contribution in [0.1, 0.15) is 36.4 Å². The van der Waals surface area contributed by atoms with Gasteiger partial charge in [0.2, 0.25) is 0 Å². The Morgan fingerprint density at radius 2 is 2.00 bits per heavy atom. The van der Waals surface area contributed by atoms with Crippen LogP contribution in [0.3, 0.4) is 0 Å². The Bertz CT molecular complexity index is 809. The molecule has 3 atom stereocenters. The van der Waals surface area contributed by atoms with Crippen molar-refractivity contribution >= 4 is 5.69 Å². The number of benzene rings is 2. The average molecular weight is 347 g/mol. The van der Waals surface area contributed by atoms with Gasteiger partial charge in [-0.15, -0.1) is 0 Å². The molecule has 0 radical (unpaired) electrons. The molecule has 0 spiro atoms. The van der Waals surface area contributed by atoms with E-state index in [0.29, 0.717) is 25.0 Å². The summed E-state index contributed by atoms with van der Waals surface area (Å²) in [5, 5.41) is 3.77. The first-order chi connectivity index (χ1) is 12.8. The van der Waals surface area contributed by atoms with Crippen LogP contribution in [0.2, 0.25) is 0 Å². The lowest BCUT2D eigenvalue weighted by Gasteiger charge is -2.38. The molecule has 4 rings (SSSR count). The van der Waals surface area contributed by atoms with Crippen molar-refractivity contribution in [3.63, 3.8) is 0 Å². The van der Waals surface area contributed by atoms with Crippen molar-refractivity contribution in [3.8, 4) is 11.5 Å². The summed E-state index contributed by atoms with van der Waals surface area (Å²) < 4.78 is 11.5. The Balaban J connectivity index is 1.69. The molecule has 0 fully saturated rings. The first-order valence-corrected chi connectivity index (χ1v) is 9.34. The second-order valence-electron chi connectivity index (χ2n) is 6.80. The molecule has 0 saturated carbocycles. The first-order valence-electron chi connectivity index (χ1n) is 9.34. The second kappa shape index (κ2) is 7.28. The quantitative estimate of drug-likeness (QED) is 0.702. The molecule has 1 aliphatic heterocycles. The third kappa shape index (κ3) is 2.98. The molecule has 0 aromatic heterocycles. The highest BCUT2D eigenvalue weighted by atomic mass is 16.5. The summed E-state index contributed by atoms with van der Waals surface area (Å²) in [6, 6.07) is 15.1. The Morgan fingerprint density at radius 3 is 2.77 bits per heavy atom. The minimum atomic E-state index is 0.256. The molecule has 1 N–H and O–H groups in total. The van der Waals surface area contributed by atoms with Crippen LogP contribution in [0.25, 0.3) is 0 Å². The molecule has 3 unspecified atom stereocenters. The molecule has 0 amide bonds. The van der Waals surface area contributed by atoms with Gasteiger partial charge in [0.15, 0.2) is 0 Å². The van der Waals surface area contributed by atoms with Gasteiger partial charge in [-0.25, -0.2) is 0 Å². The third-order valence-corrected chi connectivity index (χ3v) is 5.27. The van der Waals surface area contributed by atoms with Gasteiger partial charge in [-0.1, -0.05) is 49.1 Å². The van der Waals surface area contributed by atoms with E-state index in [9.17, 15) is 0 Å². The highest BCUT2D eigenvalue weighted by Crippen LogP contribution is 2.52. The molecule has 2 aliphatic rings.